The Hall–Kier alpha value is -1.14. The predicted octanol–water partition coefficient (Wildman–Crippen LogP) is -0.278. The first-order valence-corrected chi connectivity index (χ1v) is 4.68. The standard InChI is InChI=1S/C7H12N4OS/c1-4-5(13-7(9)11-4)6(12)10-3-2-8/h2-3,8H2,1H3,(H2,9,11)(H,10,12). The third-order valence-corrected chi connectivity index (χ3v) is 2.43. The van der Waals surface area contributed by atoms with Gasteiger partial charge >= 0.3 is 0 Å². The molecule has 0 aliphatic carbocycles. The molecule has 5 N–H and O–H groups in total. The van der Waals surface area contributed by atoms with Crippen molar-refractivity contribution < 1.29 is 4.79 Å². The van der Waals surface area contributed by atoms with Crippen molar-refractivity contribution in [1.29, 1.82) is 0 Å². The van der Waals surface area contributed by atoms with E-state index in [2.05, 4.69) is 10.3 Å². The molecule has 0 atom stereocenters. The maximum Gasteiger partial charge on any atom is 0.263 e. The van der Waals surface area contributed by atoms with Crippen LogP contribution in [0.3, 0.4) is 0 Å². The number of rotatable bonds is 3. The van der Waals surface area contributed by atoms with Crippen molar-refractivity contribution in [3.63, 3.8) is 0 Å². The molecule has 0 saturated carbocycles. The molecule has 13 heavy (non-hydrogen) atoms. The van der Waals surface area contributed by atoms with Gasteiger partial charge in [0.2, 0.25) is 0 Å². The zero-order chi connectivity index (χ0) is 9.84. The van der Waals surface area contributed by atoms with Crippen molar-refractivity contribution in [2.24, 2.45) is 5.73 Å². The van der Waals surface area contributed by atoms with E-state index in [1.165, 1.54) is 11.3 Å². The molecule has 72 valence electrons. The van der Waals surface area contributed by atoms with Gasteiger partial charge in [-0.25, -0.2) is 4.98 Å². The number of aromatic nitrogens is 1. The van der Waals surface area contributed by atoms with Gasteiger partial charge in [0, 0.05) is 13.1 Å². The lowest BCUT2D eigenvalue weighted by molar-refractivity contribution is 0.0958. The molecule has 0 fully saturated rings. The Morgan fingerprint density at radius 3 is 2.85 bits per heavy atom. The minimum Gasteiger partial charge on any atom is -0.375 e. The number of thiazole rings is 1. The van der Waals surface area contributed by atoms with Crippen LogP contribution in [0.1, 0.15) is 15.4 Å². The van der Waals surface area contributed by atoms with E-state index < -0.39 is 0 Å². The molecule has 0 aliphatic rings. The summed E-state index contributed by atoms with van der Waals surface area (Å²) in [5.74, 6) is -0.155. The molecule has 1 aromatic rings. The average Bonchev–Trinajstić information content (AvgIpc) is 2.41. The van der Waals surface area contributed by atoms with E-state index in [0.29, 0.717) is 28.8 Å². The molecule has 1 heterocycles. The molecular formula is C7H12N4OS. The third-order valence-electron chi connectivity index (χ3n) is 1.45. The monoisotopic (exact) mass is 200 g/mol. The summed E-state index contributed by atoms with van der Waals surface area (Å²) >= 11 is 1.19. The number of hydrogen-bond donors (Lipinski definition) is 3. The SMILES string of the molecule is Cc1nc(N)sc1C(=O)NCCN. The predicted molar refractivity (Wildman–Crippen MR) is 52.7 cm³/mol. The minimum absolute atomic E-state index is 0.155. The molecule has 0 saturated heterocycles. The normalized spacial score (nSPS) is 10.0. The van der Waals surface area contributed by atoms with Crippen molar-refractivity contribution in [2.45, 2.75) is 6.92 Å². The van der Waals surface area contributed by atoms with Crippen LogP contribution in [0.4, 0.5) is 5.13 Å². The number of nitrogens with zero attached hydrogens (tertiary/aromatic N) is 1. The van der Waals surface area contributed by atoms with E-state index in [0.717, 1.165) is 0 Å². The zero-order valence-electron chi connectivity index (χ0n) is 7.33. The van der Waals surface area contributed by atoms with Crippen LogP contribution in [0, 0.1) is 6.92 Å². The summed E-state index contributed by atoms with van der Waals surface area (Å²) in [4.78, 5) is 15.9. The molecule has 1 rings (SSSR count). The van der Waals surface area contributed by atoms with Crippen LogP contribution in [0.25, 0.3) is 0 Å². The first-order valence-electron chi connectivity index (χ1n) is 3.86. The summed E-state index contributed by atoms with van der Waals surface area (Å²) in [7, 11) is 0. The summed E-state index contributed by atoms with van der Waals surface area (Å²) in [6.07, 6.45) is 0. The Morgan fingerprint density at radius 1 is 1.69 bits per heavy atom. The molecule has 0 aliphatic heterocycles. The second kappa shape index (κ2) is 4.20. The van der Waals surface area contributed by atoms with E-state index in [1.807, 2.05) is 0 Å². The number of anilines is 1. The number of hydrogen-bond acceptors (Lipinski definition) is 5. The van der Waals surface area contributed by atoms with Crippen LogP contribution in [-0.2, 0) is 0 Å². The topological polar surface area (TPSA) is 94.0 Å². The average molecular weight is 200 g/mol. The van der Waals surface area contributed by atoms with Gasteiger partial charge in [0.15, 0.2) is 5.13 Å². The van der Waals surface area contributed by atoms with Gasteiger partial charge in [-0.15, -0.1) is 0 Å². The highest BCUT2D eigenvalue weighted by molar-refractivity contribution is 7.17. The molecule has 0 spiro atoms. The number of nitrogens with one attached hydrogen (secondary N) is 1. The highest BCUT2D eigenvalue weighted by Crippen LogP contribution is 2.18. The Balaban J connectivity index is 2.70. The van der Waals surface area contributed by atoms with Crippen LogP contribution in [-0.4, -0.2) is 24.0 Å². The number of carbonyl (C=O) groups excluding carboxylic acids is 1. The summed E-state index contributed by atoms with van der Waals surface area (Å²) in [5, 5.41) is 3.07. The van der Waals surface area contributed by atoms with E-state index in [9.17, 15) is 4.79 Å². The number of nitrogens with two attached hydrogens (primary N) is 2. The Kier molecular flexibility index (Phi) is 3.21. The first kappa shape index (κ1) is 9.94. The summed E-state index contributed by atoms with van der Waals surface area (Å²) in [6.45, 7) is 2.65. The smallest absolute Gasteiger partial charge is 0.263 e. The molecule has 5 nitrogen and oxygen atoms in total. The van der Waals surface area contributed by atoms with Gasteiger partial charge in [0.05, 0.1) is 5.69 Å². The number of amides is 1. The lowest BCUT2D eigenvalue weighted by Crippen LogP contribution is -2.28. The molecule has 0 bridgehead atoms. The van der Waals surface area contributed by atoms with Crippen molar-refractivity contribution in [2.75, 3.05) is 18.8 Å². The van der Waals surface area contributed by atoms with Gasteiger partial charge in [-0.3, -0.25) is 4.79 Å². The van der Waals surface area contributed by atoms with Crippen molar-refractivity contribution in [3.05, 3.63) is 10.6 Å². The zero-order valence-corrected chi connectivity index (χ0v) is 8.15. The highest BCUT2D eigenvalue weighted by Gasteiger charge is 2.12. The minimum atomic E-state index is -0.155. The second-order valence-electron chi connectivity index (χ2n) is 2.51. The van der Waals surface area contributed by atoms with Crippen LogP contribution >= 0.6 is 11.3 Å². The summed E-state index contributed by atoms with van der Waals surface area (Å²) < 4.78 is 0. The van der Waals surface area contributed by atoms with Gasteiger partial charge in [-0.2, -0.15) is 0 Å². The van der Waals surface area contributed by atoms with Crippen molar-refractivity contribution in [1.82, 2.24) is 10.3 Å². The van der Waals surface area contributed by atoms with E-state index >= 15 is 0 Å². The van der Waals surface area contributed by atoms with Gasteiger partial charge in [-0.1, -0.05) is 11.3 Å². The van der Waals surface area contributed by atoms with Gasteiger partial charge in [-0.05, 0) is 6.92 Å². The fourth-order valence-corrected chi connectivity index (χ4v) is 1.64. The maximum absolute atomic E-state index is 11.4. The van der Waals surface area contributed by atoms with E-state index in [4.69, 9.17) is 11.5 Å². The van der Waals surface area contributed by atoms with E-state index in [-0.39, 0.29) is 5.91 Å². The largest absolute Gasteiger partial charge is 0.375 e. The van der Waals surface area contributed by atoms with Crippen LogP contribution in [0.5, 0.6) is 0 Å². The highest BCUT2D eigenvalue weighted by atomic mass is 32.1. The third kappa shape index (κ3) is 2.40. The van der Waals surface area contributed by atoms with Crippen molar-refractivity contribution in [3.8, 4) is 0 Å². The first-order chi connectivity index (χ1) is 6.15. The fraction of sp³-hybridized carbons (Fsp3) is 0.429. The molecule has 0 aromatic carbocycles. The quantitative estimate of drug-likeness (QED) is 0.625. The second-order valence-corrected chi connectivity index (χ2v) is 3.54. The fourth-order valence-electron chi connectivity index (χ4n) is 0.894. The lowest BCUT2D eigenvalue weighted by Gasteiger charge is -2.00. The van der Waals surface area contributed by atoms with Crippen LogP contribution < -0.4 is 16.8 Å². The Bertz CT molecular complexity index is 309. The van der Waals surface area contributed by atoms with Crippen molar-refractivity contribution >= 4 is 22.4 Å². The van der Waals surface area contributed by atoms with E-state index in [1.54, 1.807) is 6.92 Å². The molecule has 1 amide bonds. The molecule has 1 aromatic heterocycles. The Morgan fingerprint density at radius 2 is 2.38 bits per heavy atom. The van der Waals surface area contributed by atoms with Gasteiger partial charge in [0.25, 0.3) is 5.91 Å². The summed E-state index contributed by atoms with van der Waals surface area (Å²) in [6, 6.07) is 0. The molecule has 0 radical (unpaired) electrons. The lowest BCUT2D eigenvalue weighted by atomic mass is 10.4. The number of nitrogen functional groups attached to an aromatic ring is 1. The van der Waals surface area contributed by atoms with Gasteiger partial charge in [0.1, 0.15) is 4.88 Å². The van der Waals surface area contributed by atoms with Crippen LogP contribution in [0.15, 0.2) is 0 Å². The summed E-state index contributed by atoms with van der Waals surface area (Å²) in [5.41, 5.74) is 11.4. The van der Waals surface area contributed by atoms with Gasteiger partial charge < -0.3 is 16.8 Å². The molecule has 0 unspecified atom stereocenters. The van der Waals surface area contributed by atoms with Crippen LogP contribution in [0.2, 0.25) is 0 Å². The number of aryl methyl sites for hydroxylation is 1. The molecular weight excluding hydrogens is 188 g/mol. The molecule has 6 heteroatoms. The number of carbonyl (C=O) groups is 1. The maximum atomic E-state index is 11.4. The Labute approximate surface area is 80.1 Å².